The Kier molecular flexibility index (Phi) is 3.41. The molecule has 16 heavy (non-hydrogen) atoms. The number of rotatable bonds is 2. The van der Waals surface area contributed by atoms with Crippen molar-refractivity contribution in [2.24, 2.45) is 5.73 Å². The van der Waals surface area contributed by atoms with Gasteiger partial charge in [0.1, 0.15) is 0 Å². The lowest BCUT2D eigenvalue weighted by Gasteiger charge is -2.13. The zero-order chi connectivity index (χ0) is 12.3. The van der Waals surface area contributed by atoms with Crippen LogP contribution in [0.2, 0.25) is 0 Å². The summed E-state index contributed by atoms with van der Waals surface area (Å²) in [6.07, 6.45) is -4.35. The van der Waals surface area contributed by atoms with Crippen molar-refractivity contribution in [3.8, 4) is 0 Å². The molecule has 3 nitrogen and oxygen atoms in total. The summed E-state index contributed by atoms with van der Waals surface area (Å²) in [4.78, 5) is 10.5. The summed E-state index contributed by atoms with van der Waals surface area (Å²) in [6.45, 7) is 1.63. The van der Waals surface area contributed by atoms with E-state index >= 15 is 0 Å². The molecule has 0 saturated carbocycles. The Bertz CT molecular complexity index is 373. The van der Waals surface area contributed by atoms with Crippen LogP contribution >= 0.6 is 0 Å². The van der Waals surface area contributed by atoms with Gasteiger partial charge in [-0.1, -0.05) is 12.1 Å². The van der Waals surface area contributed by atoms with Crippen molar-refractivity contribution < 1.29 is 18.0 Å². The molecule has 0 bridgehead atoms. The summed E-state index contributed by atoms with van der Waals surface area (Å²) in [5.41, 5.74) is 4.74. The maximum atomic E-state index is 12.2. The van der Waals surface area contributed by atoms with Crippen LogP contribution in [-0.2, 0) is 6.18 Å². The van der Waals surface area contributed by atoms with E-state index in [4.69, 9.17) is 5.73 Å². The quantitative estimate of drug-likeness (QED) is 0.808. The van der Waals surface area contributed by atoms with E-state index in [1.807, 2.05) is 0 Å². The van der Waals surface area contributed by atoms with Gasteiger partial charge in [0, 0.05) is 0 Å². The normalized spacial score (nSPS) is 13.2. The predicted octanol–water partition coefficient (Wildman–Crippen LogP) is 2.43. The van der Waals surface area contributed by atoms with Gasteiger partial charge in [0.2, 0.25) is 0 Å². The number of amides is 2. The number of nitrogens with two attached hydrogens (primary N) is 1. The van der Waals surface area contributed by atoms with Crippen molar-refractivity contribution in [2.75, 3.05) is 0 Å². The van der Waals surface area contributed by atoms with Gasteiger partial charge in [0.15, 0.2) is 0 Å². The number of halogens is 3. The first-order valence-corrected chi connectivity index (χ1v) is 4.54. The predicted molar refractivity (Wildman–Crippen MR) is 52.6 cm³/mol. The van der Waals surface area contributed by atoms with Gasteiger partial charge in [-0.15, -0.1) is 0 Å². The molecule has 0 aliphatic carbocycles. The van der Waals surface area contributed by atoms with E-state index in [9.17, 15) is 18.0 Å². The van der Waals surface area contributed by atoms with Crippen LogP contribution in [0.4, 0.5) is 18.0 Å². The molecule has 0 aliphatic rings. The molecule has 88 valence electrons. The topological polar surface area (TPSA) is 55.1 Å². The summed E-state index contributed by atoms with van der Waals surface area (Å²) in [7, 11) is 0. The molecule has 0 aliphatic heterocycles. The molecule has 1 aromatic carbocycles. The van der Waals surface area contributed by atoms with Crippen molar-refractivity contribution in [1.82, 2.24) is 5.32 Å². The van der Waals surface area contributed by atoms with E-state index < -0.39 is 23.8 Å². The average molecular weight is 232 g/mol. The Hall–Kier alpha value is -1.72. The number of hydrogen-bond donors (Lipinski definition) is 2. The zero-order valence-electron chi connectivity index (χ0n) is 8.51. The lowest BCUT2D eigenvalue weighted by molar-refractivity contribution is -0.137. The third kappa shape index (κ3) is 3.15. The molecule has 0 spiro atoms. The van der Waals surface area contributed by atoms with Gasteiger partial charge in [-0.2, -0.15) is 13.2 Å². The summed E-state index contributed by atoms with van der Waals surface area (Å²) < 4.78 is 36.7. The SMILES string of the molecule is C[C@H](NC(N)=O)c1ccc(C(F)(F)F)cc1. The van der Waals surface area contributed by atoms with Crippen LogP contribution < -0.4 is 11.1 Å². The first-order chi connectivity index (χ1) is 7.30. The summed E-state index contributed by atoms with van der Waals surface area (Å²) in [5, 5.41) is 2.37. The summed E-state index contributed by atoms with van der Waals surface area (Å²) >= 11 is 0. The standard InChI is InChI=1S/C10H11F3N2O/c1-6(15-9(14)16)7-2-4-8(5-3-7)10(11,12)13/h2-6H,1H3,(H3,14,15,16)/t6-/m0/s1. The first-order valence-electron chi connectivity index (χ1n) is 4.54. The van der Waals surface area contributed by atoms with Gasteiger partial charge in [-0.3, -0.25) is 0 Å². The van der Waals surface area contributed by atoms with Crippen LogP contribution in [0.25, 0.3) is 0 Å². The molecule has 0 saturated heterocycles. The average Bonchev–Trinajstić information content (AvgIpc) is 2.15. The number of alkyl halides is 3. The minimum Gasteiger partial charge on any atom is -0.352 e. The third-order valence-electron chi connectivity index (χ3n) is 2.10. The van der Waals surface area contributed by atoms with Crippen LogP contribution in [0.15, 0.2) is 24.3 Å². The maximum Gasteiger partial charge on any atom is 0.416 e. The van der Waals surface area contributed by atoms with Gasteiger partial charge >= 0.3 is 12.2 Å². The van der Waals surface area contributed by atoms with E-state index in [1.54, 1.807) is 6.92 Å². The second-order valence-electron chi connectivity index (χ2n) is 3.35. The fourth-order valence-corrected chi connectivity index (χ4v) is 1.26. The van der Waals surface area contributed by atoms with Crippen molar-refractivity contribution in [3.05, 3.63) is 35.4 Å². The van der Waals surface area contributed by atoms with Crippen LogP contribution in [0.3, 0.4) is 0 Å². The van der Waals surface area contributed by atoms with Crippen molar-refractivity contribution in [3.63, 3.8) is 0 Å². The largest absolute Gasteiger partial charge is 0.416 e. The summed E-state index contributed by atoms with van der Waals surface area (Å²) in [6, 6.07) is 3.42. The summed E-state index contributed by atoms with van der Waals surface area (Å²) in [5.74, 6) is 0. The Morgan fingerprint density at radius 2 is 1.81 bits per heavy atom. The third-order valence-corrected chi connectivity index (χ3v) is 2.10. The van der Waals surface area contributed by atoms with Crippen molar-refractivity contribution in [1.29, 1.82) is 0 Å². The van der Waals surface area contributed by atoms with Crippen molar-refractivity contribution >= 4 is 6.03 Å². The molecule has 2 amide bonds. The second kappa shape index (κ2) is 4.42. The number of carbonyl (C=O) groups is 1. The van der Waals surface area contributed by atoms with Gasteiger partial charge < -0.3 is 11.1 Å². The van der Waals surface area contributed by atoms with Crippen LogP contribution in [-0.4, -0.2) is 6.03 Å². The van der Waals surface area contributed by atoms with Gasteiger partial charge in [0.05, 0.1) is 11.6 Å². The molecule has 1 rings (SSSR count). The molecule has 3 N–H and O–H groups in total. The smallest absolute Gasteiger partial charge is 0.352 e. The molecule has 1 atom stereocenters. The minimum absolute atomic E-state index is 0.417. The molecule has 1 aromatic rings. The lowest BCUT2D eigenvalue weighted by Crippen LogP contribution is -2.31. The molecule has 0 aromatic heterocycles. The highest BCUT2D eigenvalue weighted by Gasteiger charge is 2.30. The second-order valence-corrected chi connectivity index (χ2v) is 3.35. The van der Waals surface area contributed by atoms with Crippen LogP contribution in [0.1, 0.15) is 24.1 Å². The molecule has 0 fully saturated rings. The zero-order valence-corrected chi connectivity index (χ0v) is 8.51. The highest BCUT2D eigenvalue weighted by atomic mass is 19.4. The van der Waals surface area contributed by atoms with E-state index in [1.165, 1.54) is 12.1 Å². The lowest BCUT2D eigenvalue weighted by atomic mass is 10.1. The Balaban J connectivity index is 2.83. The molecule has 6 heteroatoms. The number of carbonyl (C=O) groups excluding carboxylic acids is 1. The molecule has 0 heterocycles. The van der Waals surface area contributed by atoms with E-state index in [-0.39, 0.29) is 0 Å². The number of benzene rings is 1. The molecular weight excluding hydrogens is 221 g/mol. The van der Waals surface area contributed by atoms with Gasteiger partial charge in [-0.05, 0) is 24.6 Å². The van der Waals surface area contributed by atoms with E-state index in [2.05, 4.69) is 5.32 Å². The molecule has 0 unspecified atom stereocenters. The van der Waals surface area contributed by atoms with Gasteiger partial charge in [-0.25, -0.2) is 4.79 Å². The Labute approximate surface area is 90.4 Å². The van der Waals surface area contributed by atoms with Gasteiger partial charge in [0.25, 0.3) is 0 Å². The minimum atomic E-state index is -4.35. The highest BCUT2D eigenvalue weighted by molar-refractivity contribution is 5.72. The maximum absolute atomic E-state index is 12.2. The number of nitrogens with one attached hydrogen (secondary N) is 1. The van der Waals surface area contributed by atoms with E-state index in [0.29, 0.717) is 5.56 Å². The molecule has 0 radical (unpaired) electrons. The number of hydrogen-bond acceptors (Lipinski definition) is 1. The van der Waals surface area contributed by atoms with Crippen LogP contribution in [0.5, 0.6) is 0 Å². The monoisotopic (exact) mass is 232 g/mol. The number of urea groups is 1. The van der Waals surface area contributed by atoms with Crippen molar-refractivity contribution in [2.45, 2.75) is 19.1 Å². The molecular formula is C10H11F3N2O. The Morgan fingerprint density at radius 1 is 1.31 bits per heavy atom. The number of primary amides is 1. The fraction of sp³-hybridized carbons (Fsp3) is 0.300. The van der Waals surface area contributed by atoms with Crippen LogP contribution in [0, 0.1) is 0 Å². The Morgan fingerprint density at radius 3 is 2.19 bits per heavy atom. The fourth-order valence-electron chi connectivity index (χ4n) is 1.26. The highest BCUT2D eigenvalue weighted by Crippen LogP contribution is 2.29. The first kappa shape index (κ1) is 12.4. The van der Waals surface area contributed by atoms with E-state index in [0.717, 1.165) is 12.1 Å².